The summed E-state index contributed by atoms with van der Waals surface area (Å²) in [6.07, 6.45) is 6.68. The predicted octanol–water partition coefficient (Wildman–Crippen LogP) is 2.19. The van der Waals surface area contributed by atoms with Crippen LogP contribution in [0.5, 0.6) is 23.0 Å². The van der Waals surface area contributed by atoms with Crippen LogP contribution in [0.25, 0.3) is 6.08 Å². The van der Waals surface area contributed by atoms with Crippen molar-refractivity contribution in [2.75, 3.05) is 20.5 Å². The summed E-state index contributed by atoms with van der Waals surface area (Å²) in [6, 6.07) is 10.6. The summed E-state index contributed by atoms with van der Waals surface area (Å²) in [4.78, 5) is 23.1. The van der Waals surface area contributed by atoms with Gasteiger partial charge in [-0.3, -0.25) is 14.8 Å². The average molecular weight is 426 g/mol. The van der Waals surface area contributed by atoms with Gasteiger partial charge in [-0.25, -0.2) is 5.48 Å². The maximum Gasteiger partial charge on any atom is 0.281 e. The molecule has 2 aromatic carbocycles. The Morgan fingerprint density at radius 1 is 1.10 bits per heavy atom. The second kappa shape index (κ2) is 10.7. The summed E-state index contributed by atoms with van der Waals surface area (Å²) < 4.78 is 21.1. The van der Waals surface area contributed by atoms with Crippen molar-refractivity contribution in [2.45, 2.75) is 6.54 Å². The number of rotatable bonds is 9. The number of nitrogens with one attached hydrogen (secondary N) is 2. The van der Waals surface area contributed by atoms with Gasteiger partial charge in [-0.2, -0.15) is 0 Å². The van der Waals surface area contributed by atoms with E-state index in [0.29, 0.717) is 17.2 Å². The van der Waals surface area contributed by atoms with E-state index in [4.69, 9.17) is 24.2 Å². The number of methoxy groups -OCH3 is 1. The zero-order valence-electron chi connectivity index (χ0n) is 16.8. The largest absolute Gasteiger partial charge is 0.493 e. The molecule has 1 aliphatic heterocycles. The lowest BCUT2D eigenvalue weighted by molar-refractivity contribution is -0.131. The molecule has 0 unspecified atom stereocenters. The summed E-state index contributed by atoms with van der Waals surface area (Å²) in [6.45, 7) is 0.154. The molecule has 0 atom stereocenters. The molecule has 0 saturated carbocycles. The lowest BCUT2D eigenvalue weighted by Crippen LogP contribution is -2.25. The average Bonchev–Trinajstić information content (AvgIpc) is 3.27. The van der Waals surface area contributed by atoms with E-state index in [1.165, 1.54) is 18.7 Å². The summed E-state index contributed by atoms with van der Waals surface area (Å²) in [5, 5.41) is 11.3. The highest BCUT2D eigenvalue weighted by Crippen LogP contribution is 2.32. The van der Waals surface area contributed by atoms with Crippen LogP contribution in [0.4, 0.5) is 0 Å². The summed E-state index contributed by atoms with van der Waals surface area (Å²) in [7, 11) is 1.46. The van der Waals surface area contributed by atoms with Crippen LogP contribution in [0.3, 0.4) is 0 Å². The van der Waals surface area contributed by atoms with Crippen LogP contribution in [0.1, 0.15) is 11.1 Å². The van der Waals surface area contributed by atoms with Crippen molar-refractivity contribution >= 4 is 17.9 Å². The van der Waals surface area contributed by atoms with Crippen LogP contribution in [0.15, 0.2) is 54.6 Å². The number of hydrogen-bond acceptors (Lipinski definition) is 7. The summed E-state index contributed by atoms with van der Waals surface area (Å²) in [5.74, 6) is 1.23. The number of hydroxylamine groups is 1. The van der Waals surface area contributed by atoms with Gasteiger partial charge in [-0.1, -0.05) is 30.4 Å². The van der Waals surface area contributed by atoms with E-state index in [1.54, 1.807) is 30.4 Å². The van der Waals surface area contributed by atoms with Gasteiger partial charge in [0.1, 0.15) is 0 Å². The third kappa shape index (κ3) is 6.25. The molecule has 0 aliphatic carbocycles. The normalized spacial score (nSPS) is 12.2. The van der Waals surface area contributed by atoms with Crippen LogP contribution < -0.4 is 29.7 Å². The quantitative estimate of drug-likeness (QED) is 0.244. The number of carbonyl (C=O) groups is 2. The van der Waals surface area contributed by atoms with Gasteiger partial charge in [0.25, 0.3) is 5.91 Å². The van der Waals surface area contributed by atoms with E-state index >= 15 is 0 Å². The highest BCUT2D eigenvalue weighted by atomic mass is 16.7. The Labute approximate surface area is 178 Å². The van der Waals surface area contributed by atoms with Gasteiger partial charge < -0.3 is 24.3 Å². The Morgan fingerprint density at radius 3 is 2.74 bits per heavy atom. The van der Waals surface area contributed by atoms with E-state index < -0.39 is 5.91 Å². The first-order chi connectivity index (χ1) is 15.1. The molecule has 2 aromatic rings. The third-order valence-corrected chi connectivity index (χ3v) is 4.22. The third-order valence-electron chi connectivity index (χ3n) is 4.22. The standard InChI is InChI=1S/C22H22N2O7/c1-28-19-11-16(7-9-17(19)29-13-22(26)24-27)12-23-21(25)5-3-2-4-15-6-8-18-20(10-15)31-14-30-18/h2-11,27H,12-14H2,1H3,(H,23,25)(H,24,26)/b4-2+,5-3+. The molecule has 3 N–H and O–H groups in total. The molecule has 0 radical (unpaired) electrons. The molecule has 0 saturated heterocycles. The van der Waals surface area contributed by atoms with Crippen molar-refractivity contribution in [1.29, 1.82) is 0 Å². The Bertz CT molecular complexity index is 1000. The molecule has 9 nitrogen and oxygen atoms in total. The minimum atomic E-state index is -0.683. The van der Waals surface area contributed by atoms with E-state index in [1.807, 2.05) is 24.3 Å². The van der Waals surface area contributed by atoms with Crippen LogP contribution in [-0.2, 0) is 16.1 Å². The number of ether oxygens (including phenoxy) is 4. The molecule has 3 rings (SSSR count). The van der Waals surface area contributed by atoms with Crippen LogP contribution in [0.2, 0.25) is 0 Å². The SMILES string of the molecule is COc1cc(CNC(=O)/C=C/C=C/c2ccc3c(c2)OCO3)ccc1OCC(=O)NO. The number of benzene rings is 2. The van der Waals surface area contributed by atoms with Crippen molar-refractivity contribution in [3.05, 3.63) is 65.8 Å². The van der Waals surface area contributed by atoms with Gasteiger partial charge in [0.05, 0.1) is 7.11 Å². The molecule has 0 fully saturated rings. The molecule has 1 aliphatic rings. The Morgan fingerprint density at radius 2 is 1.94 bits per heavy atom. The van der Waals surface area contributed by atoms with E-state index in [9.17, 15) is 9.59 Å². The number of fused-ring (bicyclic) bond motifs is 1. The van der Waals surface area contributed by atoms with Gasteiger partial charge in [-0.15, -0.1) is 0 Å². The summed E-state index contributed by atoms with van der Waals surface area (Å²) >= 11 is 0. The zero-order chi connectivity index (χ0) is 22.1. The second-order valence-corrected chi connectivity index (χ2v) is 6.36. The fourth-order valence-electron chi connectivity index (χ4n) is 2.69. The number of hydrogen-bond donors (Lipinski definition) is 3. The minimum Gasteiger partial charge on any atom is -0.493 e. The molecule has 1 heterocycles. The second-order valence-electron chi connectivity index (χ2n) is 6.36. The maximum absolute atomic E-state index is 12.0. The molecular weight excluding hydrogens is 404 g/mol. The molecule has 2 amide bonds. The summed E-state index contributed by atoms with van der Waals surface area (Å²) in [5.41, 5.74) is 3.20. The highest BCUT2D eigenvalue weighted by Gasteiger charge is 2.12. The molecular formula is C22H22N2O7. The maximum atomic E-state index is 12.0. The first kappa shape index (κ1) is 21.7. The van der Waals surface area contributed by atoms with E-state index in [2.05, 4.69) is 5.32 Å². The van der Waals surface area contributed by atoms with Crippen LogP contribution >= 0.6 is 0 Å². The fraction of sp³-hybridized carbons (Fsp3) is 0.182. The fourth-order valence-corrected chi connectivity index (χ4v) is 2.69. The smallest absolute Gasteiger partial charge is 0.281 e. The topological polar surface area (TPSA) is 115 Å². The zero-order valence-corrected chi connectivity index (χ0v) is 16.8. The monoisotopic (exact) mass is 426 g/mol. The van der Waals surface area contributed by atoms with E-state index in [-0.39, 0.29) is 25.9 Å². The van der Waals surface area contributed by atoms with Gasteiger partial charge in [-0.05, 0) is 35.4 Å². The molecule has 0 spiro atoms. The van der Waals surface area contributed by atoms with Crippen molar-refractivity contribution in [2.24, 2.45) is 0 Å². The molecule has 0 bridgehead atoms. The molecule has 162 valence electrons. The number of amides is 2. The van der Waals surface area contributed by atoms with E-state index in [0.717, 1.165) is 16.9 Å². The van der Waals surface area contributed by atoms with Gasteiger partial charge >= 0.3 is 0 Å². The van der Waals surface area contributed by atoms with Gasteiger partial charge in [0, 0.05) is 12.6 Å². The van der Waals surface area contributed by atoms with Crippen LogP contribution in [0, 0.1) is 0 Å². The van der Waals surface area contributed by atoms with Crippen molar-refractivity contribution < 1.29 is 33.7 Å². The van der Waals surface area contributed by atoms with Crippen LogP contribution in [-0.4, -0.2) is 37.5 Å². The number of carbonyl (C=O) groups excluding carboxylic acids is 2. The van der Waals surface area contributed by atoms with Gasteiger partial charge in [0.2, 0.25) is 12.7 Å². The highest BCUT2D eigenvalue weighted by molar-refractivity contribution is 5.87. The van der Waals surface area contributed by atoms with Crippen molar-refractivity contribution in [3.63, 3.8) is 0 Å². The Kier molecular flexibility index (Phi) is 7.50. The minimum absolute atomic E-state index is 0.227. The Balaban J connectivity index is 1.49. The lowest BCUT2D eigenvalue weighted by atomic mass is 10.2. The first-order valence-electron chi connectivity index (χ1n) is 9.34. The Hall–Kier alpha value is -3.98. The molecule has 9 heteroatoms. The molecule has 0 aromatic heterocycles. The number of allylic oxidation sites excluding steroid dienone is 2. The molecule has 31 heavy (non-hydrogen) atoms. The van der Waals surface area contributed by atoms with Crippen molar-refractivity contribution in [1.82, 2.24) is 10.8 Å². The van der Waals surface area contributed by atoms with Crippen molar-refractivity contribution in [3.8, 4) is 23.0 Å². The lowest BCUT2D eigenvalue weighted by Gasteiger charge is -2.11. The predicted molar refractivity (Wildman–Crippen MR) is 111 cm³/mol. The first-order valence-corrected chi connectivity index (χ1v) is 9.34. The van der Waals surface area contributed by atoms with Gasteiger partial charge in [0.15, 0.2) is 29.6 Å².